The molecule has 0 aliphatic carbocycles. The molecule has 0 unspecified atom stereocenters. The van der Waals surface area contributed by atoms with Gasteiger partial charge in [-0.05, 0) is 42.0 Å². The molecule has 28 heavy (non-hydrogen) atoms. The number of carbonyl (C=O) groups excluding carboxylic acids is 2. The largest absolute Gasteiger partial charge is 0.507 e. The fourth-order valence-corrected chi connectivity index (χ4v) is 3.53. The van der Waals surface area contributed by atoms with Crippen LogP contribution in [0.3, 0.4) is 0 Å². The number of hydrogen-bond acceptors (Lipinski definition) is 4. The highest BCUT2D eigenvalue weighted by Crippen LogP contribution is 2.40. The number of rotatable bonds is 5. The van der Waals surface area contributed by atoms with Crippen molar-refractivity contribution in [1.29, 1.82) is 0 Å². The van der Waals surface area contributed by atoms with Crippen LogP contribution in [-0.2, 0) is 14.3 Å². The zero-order valence-electron chi connectivity index (χ0n) is 14.8. The Kier molecular flexibility index (Phi) is 6.30. The van der Waals surface area contributed by atoms with E-state index in [9.17, 15) is 14.7 Å². The van der Waals surface area contributed by atoms with E-state index in [2.05, 4.69) is 0 Å². The quantitative estimate of drug-likeness (QED) is 0.415. The minimum Gasteiger partial charge on any atom is -0.507 e. The molecule has 1 atom stereocenters. The maximum absolute atomic E-state index is 12.8. The summed E-state index contributed by atoms with van der Waals surface area (Å²) >= 11 is 18.0. The number of likely N-dealkylation sites (tertiary alicyclic amines) is 1. The fraction of sp³-hybridized carbons (Fsp3) is 0.200. The van der Waals surface area contributed by atoms with Crippen LogP contribution in [0.5, 0.6) is 0 Å². The van der Waals surface area contributed by atoms with Gasteiger partial charge in [0.15, 0.2) is 0 Å². The van der Waals surface area contributed by atoms with E-state index >= 15 is 0 Å². The summed E-state index contributed by atoms with van der Waals surface area (Å²) in [7, 11) is 1.50. The molecule has 8 heteroatoms. The van der Waals surface area contributed by atoms with Crippen LogP contribution in [0.4, 0.5) is 0 Å². The summed E-state index contributed by atoms with van der Waals surface area (Å²) in [5.74, 6) is -1.78. The Morgan fingerprint density at radius 3 is 2.36 bits per heavy atom. The monoisotopic (exact) mass is 439 g/mol. The molecular formula is C20H16Cl3NO4. The average Bonchev–Trinajstić information content (AvgIpc) is 2.93. The second-order valence-corrected chi connectivity index (χ2v) is 7.42. The molecular weight excluding hydrogens is 425 g/mol. The molecule has 5 nitrogen and oxygen atoms in total. The van der Waals surface area contributed by atoms with E-state index < -0.39 is 17.7 Å². The number of carbonyl (C=O) groups is 2. The lowest BCUT2D eigenvalue weighted by atomic mass is 9.95. The van der Waals surface area contributed by atoms with Crippen LogP contribution < -0.4 is 0 Å². The topological polar surface area (TPSA) is 66.8 Å². The molecule has 1 aliphatic rings. The third-order valence-electron chi connectivity index (χ3n) is 4.45. The van der Waals surface area contributed by atoms with E-state index in [0.29, 0.717) is 21.2 Å². The first kappa shape index (κ1) is 20.7. The van der Waals surface area contributed by atoms with E-state index in [1.54, 1.807) is 42.5 Å². The molecule has 0 saturated carbocycles. The van der Waals surface area contributed by atoms with Gasteiger partial charge < -0.3 is 14.7 Å². The van der Waals surface area contributed by atoms with Crippen molar-refractivity contribution in [3.05, 3.63) is 74.2 Å². The molecule has 1 aliphatic heterocycles. The molecule has 1 amide bonds. The average molecular weight is 441 g/mol. The maximum Gasteiger partial charge on any atom is 0.295 e. The summed E-state index contributed by atoms with van der Waals surface area (Å²) in [5.41, 5.74) is 0.904. The van der Waals surface area contributed by atoms with Crippen molar-refractivity contribution in [1.82, 2.24) is 4.90 Å². The first-order valence-electron chi connectivity index (χ1n) is 8.33. The molecule has 1 heterocycles. The Balaban J connectivity index is 2.17. The molecule has 2 aromatic carbocycles. The SMILES string of the molecule is COCCN1C(=O)C(=O)/C(=C(/O)c2ccc(Cl)cc2)[C@H]1c1ccc(Cl)c(Cl)c1. The van der Waals surface area contributed by atoms with E-state index in [-0.39, 0.29) is 29.5 Å². The highest BCUT2D eigenvalue weighted by atomic mass is 35.5. The number of methoxy groups -OCH3 is 1. The van der Waals surface area contributed by atoms with Crippen molar-refractivity contribution in [2.75, 3.05) is 20.3 Å². The van der Waals surface area contributed by atoms with E-state index in [4.69, 9.17) is 39.5 Å². The van der Waals surface area contributed by atoms with Gasteiger partial charge in [-0.15, -0.1) is 0 Å². The molecule has 2 aromatic rings. The first-order valence-corrected chi connectivity index (χ1v) is 9.46. The lowest BCUT2D eigenvalue weighted by Gasteiger charge is -2.25. The Hall–Kier alpha value is -2.05. The van der Waals surface area contributed by atoms with E-state index in [1.165, 1.54) is 12.0 Å². The lowest BCUT2D eigenvalue weighted by Crippen LogP contribution is -2.32. The van der Waals surface area contributed by atoms with Gasteiger partial charge in [0.1, 0.15) is 5.76 Å². The normalized spacial score (nSPS) is 18.7. The summed E-state index contributed by atoms with van der Waals surface area (Å²) in [6.45, 7) is 0.398. The fourth-order valence-electron chi connectivity index (χ4n) is 3.09. The number of ketones is 1. The van der Waals surface area contributed by atoms with Crippen LogP contribution in [0.15, 0.2) is 48.0 Å². The molecule has 1 saturated heterocycles. The van der Waals surface area contributed by atoms with Crippen molar-refractivity contribution < 1.29 is 19.4 Å². The molecule has 0 spiro atoms. The summed E-state index contributed by atoms with van der Waals surface area (Å²) in [4.78, 5) is 26.8. The Morgan fingerprint density at radius 1 is 1.07 bits per heavy atom. The van der Waals surface area contributed by atoms with Crippen molar-refractivity contribution in [2.24, 2.45) is 0 Å². The van der Waals surface area contributed by atoms with Crippen LogP contribution in [0.25, 0.3) is 5.76 Å². The third-order valence-corrected chi connectivity index (χ3v) is 5.44. The van der Waals surface area contributed by atoms with Crippen LogP contribution in [-0.4, -0.2) is 42.0 Å². The number of ether oxygens (including phenoxy) is 1. The first-order chi connectivity index (χ1) is 13.3. The maximum atomic E-state index is 12.8. The Labute approximate surface area is 177 Å². The van der Waals surface area contributed by atoms with Gasteiger partial charge in [-0.1, -0.05) is 40.9 Å². The highest BCUT2D eigenvalue weighted by molar-refractivity contribution is 6.47. The molecule has 1 fully saturated rings. The molecule has 1 N–H and O–H groups in total. The second-order valence-electron chi connectivity index (χ2n) is 6.17. The zero-order valence-corrected chi connectivity index (χ0v) is 17.1. The number of halogens is 3. The highest BCUT2D eigenvalue weighted by Gasteiger charge is 2.46. The van der Waals surface area contributed by atoms with Crippen LogP contribution in [0, 0.1) is 0 Å². The minimum absolute atomic E-state index is 0.0261. The van der Waals surface area contributed by atoms with Crippen LogP contribution in [0.2, 0.25) is 15.1 Å². The van der Waals surface area contributed by atoms with Crippen molar-refractivity contribution in [2.45, 2.75) is 6.04 Å². The van der Waals surface area contributed by atoms with Gasteiger partial charge in [-0.25, -0.2) is 0 Å². The smallest absolute Gasteiger partial charge is 0.295 e. The summed E-state index contributed by atoms with van der Waals surface area (Å²) in [5, 5.41) is 12.0. The number of benzene rings is 2. The summed E-state index contributed by atoms with van der Waals surface area (Å²) in [6.07, 6.45) is 0. The number of aliphatic hydroxyl groups excluding tert-OH is 1. The van der Waals surface area contributed by atoms with Gasteiger partial charge in [-0.3, -0.25) is 9.59 Å². The van der Waals surface area contributed by atoms with Crippen molar-refractivity contribution in [3.63, 3.8) is 0 Å². The summed E-state index contributed by atoms with van der Waals surface area (Å²) < 4.78 is 5.06. The number of amides is 1. The number of Topliss-reactive ketones (excluding diaryl/α,β-unsaturated/α-hetero) is 1. The molecule has 146 valence electrons. The molecule has 3 rings (SSSR count). The Bertz CT molecular complexity index is 956. The number of hydrogen-bond donors (Lipinski definition) is 1. The summed E-state index contributed by atoms with van der Waals surface area (Å²) in [6, 6.07) is 10.3. The van der Waals surface area contributed by atoms with E-state index in [1.807, 2.05) is 0 Å². The Morgan fingerprint density at radius 2 is 1.75 bits per heavy atom. The third kappa shape index (κ3) is 3.89. The zero-order chi connectivity index (χ0) is 20.4. The van der Waals surface area contributed by atoms with Gasteiger partial charge in [-0.2, -0.15) is 0 Å². The van der Waals surface area contributed by atoms with Crippen LogP contribution in [0.1, 0.15) is 17.2 Å². The van der Waals surface area contributed by atoms with Crippen molar-refractivity contribution in [3.8, 4) is 0 Å². The predicted molar refractivity (Wildman–Crippen MR) is 109 cm³/mol. The van der Waals surface area contributed by atoms with Gasteiger partial charge in [0, 0.05) is 24.2 Å². The van der Waals surface area contributed by atoms with Gasteiger partial charge in [0.2, 0.25) is 0 Å². The number of aliphatic hydroxyl groups is 1. The predicted octanol–water partition coefficient (Wildman–Crippen LogP) is 4.71. The van der Waals surface area contributed by atoms with Gasteiger partial charge in [0.25, 0.3) is 11.7 Å². The van der Waals surface area contributed by atoms with Gasteiger partial charge in [0.05, 0.1) is 28.3 Å². The molecule has 0 bridgehead atoms. The molecule has 0 aromatic heterocycles. The van der Waals surface area contributed by atoms with Gasteiger partial charge >= 0.3 is 0 Å². The molecule has 0 radical (unpaired) electrons. The van der Waals surface area contributed by atoms with Crippen molar-refractivity contribution >= 4 is 52.3 Å². The minimum atomic E-state index is -0.819. The van der Waals surface area contributed by atoms with Crippen LogP contribution >= 0.6 is 34.8 Å². The van der Waals surface area contributed by atoms with E-state index in [0.717, 1.165) is 0 Å². The second kappa shape index (κ2) is 8.53. The lowest BCUT2D eigenvalue weighted by molar-refractivity contribution is -0.140. The standard InChI is InChI=1S/C20H16Cl3NO4/c1-28-9-8-24-17(12-4-7-14(22)15(23)10-12)16(19(26)20(24)27)18(25)11-2-5-13(21)6-3-11/h2-7,10,17,25H,8-9H2,1H3/b18-16+/t17-/m1/s1. The number of nitrogens with zero attached hydrogens (tertiary/aromatic N) is 1.